The molecule has 0 atom stereocenters. The first-order valence-electron chi connectivity index (χ1n) is 6.63. The number of thiazole rings is 1. The maximum Gasteiger partial charge on any atom is 0.184 e. The van der Waals surface area contributed by atoms with Gasteiger partial charge in [-0.15, -0.1) is 0 Å². The van der Waals surface area contributed by atoms with Gasteiger partial charge in [0.15, 0.2) is 10.9 Å². The van der Waals surface area contributed by atoms with Crippen LogP contribution in [-0.4, -0.2) is 17.3 Å². The first-order valence-corrected chi connectivity index (χ1v) is 7.82. The molecule has 3 nitrogen and oxygen atoms in total. The number of aromatic nitrogens is 1. The topological polar surface area (TPSA) is 42.0 Å². The summed E-state index contributed by atoms with van der Waals surface area (Å²) in [5.41, 5.74) is 2.23. The highest BCUT2D eigenvalue weighted by Crippen LogP contribution is 2.31. The van der Waals surface area contributed by atoms with Gasteiger partial charge in [-0.2, -0.15) is 0 Å². The number of carbonyl (C=O) groups excluding carboxylic acids is 1. The van der Waals surface area contributed by atoms with E-state index < -0.39 is 0 Å². The molecule has 0 saturated heterocycles. The third-order valence-corrected chi connectivity index (χ3v) is 4.70. The summed E-state index contributed by atoms with van der Waals surface area (Å²) in [5.74, 6) is -0.475. The van der Waals surface area contributed by atoms with Crippen molar-refractivity contribution in [3.63, 3.8) is 0 Å². The molecule has 0 unspecified atom stereocenters. The van der Waals surface area contributed by atoms with Gasteiger partial charge in [-0.3, -0.25) is 4.79 Å². The van der Waals surface area contributed by atoms with E-state index in [0.29, 0.717) is 15.7 Å². The van der Waals surface area contributed by atoms with Crippen molar-refractivity contribution in [3.8, 4) is 0 Å². The monoisotopic (exact) mass is 334 g/mol. The summed E-state index contributed by atoms with van der Waals surface area (Å²) in [4.78, 5) is 16.5. The summed E-state index contributed by atoms with van der Waals surface area (Å²) >= 11 is 7.54. The Morgan fingerprint density at radius 2 is 2.00 bits per heavy atom. The van der Waals surface area contributed by atoms with Crippen molar-refractivity contribution in [1.29, 1.82) is 0 Å². The highest BCUT2D eigenvalue weighted by molar-refractivity contribution is 7.22. The molecule has 0 aliphatic rings. The highest BCUT2D eigenvalue weighted by atomic mass is 35.5. The molecular weight excluding hydrogens is 323 g/mol. The Labute approximate surface area is 135 Å². The lowest BCUT2D eigenvalue weighted by Gasteiger charge is -2.02. The molecule has 0 saturated carbocycles. The minimum Gasteiger partial charge on any atom is -0.354 e. The molecule has 22 heavy (non-hydrogen) atoms. The van der Waals surface area contributed by atoms with E-state index in [1.807, 2.05) is 19.1 Å². The number of ketones is 1. The van der Waals surface area contributed by atoms with E-state index in [9.17, 15) is 9.18 Å². The smallest absolute Gasteiger partial charge is 0.184 e. The van der Waals surface area contributed by atoms with Crippen LogP contribution in [0, 0.1) is 12.7 Å². The van der Waals surface area contributed by atoms with Crippen LogP contribution in [0.2, 0.25) is 5.02 Å². The van der Waals surface area contributed by atoms with Crippen LogP contribution in [0.1, 0.15) is 15.9 Å². The molecule has 3 aromatic rings. The van der Waals surface area contributed by atoms with Gasteiger partial charge in [-0.25, -0.2) is 9.37 Å². The molecule has 0 radical (unpaired) electrons. The van der Waals surface area contributed by atoms with Gasteiger partial charge in [0.2, 0.25) is 0 Å². The van der Waals surface area contributed by atoms with Crippen LogP contribution in [-0.2, 0) is 0 Å². The standard InChI is InChI=1S/C16H12ClFN2OS/c1-9-12(17)6-7-14-15(9)20-16(22-14)19-8-13(21)10-2-4-11(18)5-3-10/h2-7H,8H2,1H3,(H,19,20). The number of hydrogen-bond donors (Lipinski definition) is 1. The zero-order valence-corrected chi connectivity index (χ0v) is 13.3. The van der Waals surface area contributed by atoms with E-state index in [2.05, 4.69) is 10.3 Å². The maximum atomic E-state index is 12.8. The lowest BCUT2D eigenvalue weighted by Crippen LogP contribution is -2.13. The van der Waals surface area contributed by atoms with Gasteiger partial charge in [0.1, 0.15) is 5.82 Å². The van der Waals surface area contributed by atoms with E-state index in [1.165, 1.54) is 35.6 Å². The predicted molar refractivity (Wildman–Crippen MR) is 88.6 cm³/mol. The van der Waals surface area contributed by atoms with Gasteiger partial charge in [0.05, 0.1) is 16.8 Å². The molecule has 0 aliphatic carbocycles. The number of nitrogens with one attached hydrogen (secondary N) is 1. The molecule has 0 fully saturated rings. The van der Waals surface area contributed by atoms with Crippen molar-refractivity contribution in [3.05, 3.63) is 58.4 Å². The number of rotatable bonds is 4. The van der Waals surface area contributed by atoms with Crippen LogP contribution in [0.3, 0.4) is 0 Å². The summed E-state index contributed by atoms with van der Waals surface area (Å²) < 4.78 is 13.9. The number of anilines is 1. The number of Topliss-reactive ketones (excluding diaryl/α,β-unsaturated/α-hetero) is 1. The highest BCUT2D eigenvalue weighted by Gasteiger charge is 2.10. The Bertz CT molecular complexity index is 845. The van der Waals surface area contributed by atoms with E-state index in [4.69, 9.17) is 11.6 Å². The minimum atomic E-state index is -0.358. The number of nitrogens with zero attached hydrogens (tertiary/aromatic N) is 1. The summed E-state index contributed by atoms with van der Waals surface area (Å²) in [6.07, 6.45) is 0. The molecule has 1 heterocycles. The Balaban J connectivity index is 1.75. The summed E-state index contributed by atoms with van der Waals surface area (Å²) in [7, 11) is 0. The van der Waals surface area contributed by atoms with Gasteiger partial charge < -0.3 is 5.32 Å². The number of aryl methyl sites for hydroxylation is 1. The lowest BCUT2D eigenvalue weighted by atomic mass is 10.1. The molecule has 0 amide bonds. The summed E-state index contributed by atoms with van der Waals surface area (Å²) in [6, 6.07) is 9.25. The Kier molecular flexibility index (Phi) is 4.09. The normalized spacial score (nSPS) is 10.9. The second-order valence-electron chi connectivity index (χ2n) is 4.82. The fourth-order valence-electron chi connectivity index (χ4n) is 2.07. The zero-order valence-electron chi connectivity index (χ0n) is 11.7. The van der Waals surface area contributed by atoms with Crippen LogP contribution >= 0.6 is 22.9 Å². The summed E-state index contributed by atoms with van der Waals surface area (Å²) in [6.45, 7) is 2.02. The van der Waals surface area contributed by atoms with Crippen LogP contribution in [0.25, 0.3) is 10.2 Å². The van der Waals surface area contributed by atoms with Crippen LogP contribution in [0.4, 0.5) is 9.52 Å². The number of benzene rings is 2. The van der Waals surface area contributed by atoms with Crippen molar-refractivity contribution in [2.24, 2.45) is 0 Å². The number of hydrogen-bond acceptors (Lipinski definition) is 4. The largest absolute Gasteiger partial charge is 0.354 e. The second kappa shape index (κ2) is 6.02. The van der Waals surface area contributed by atoms with Crippen molar-refractivity contribution < 1.29 is 9.18 Å². The predicted octanol–water partition coefficient (Wildman–Crippen LogP) is 4.69. The van der Waals surface area contributed by atoms with Crippen molar-refractivity contribution in [1.82, 2.24) is 4.98 Å². The van der Waals surface area contributed by atoms with Crippen molar-refractivity contribution in [2.75, 3.05) is 11.9 Å². The molecule has 1 N–H and O–H groups in total. The van der Waals surface area contributed by atoms with Gasteiger partial charge in [-0.1, -0.05) is 22.9 Å². The van der Waals surface area contributed by atoms with E-state index in [0.717, 1.165) is 15.8 Å². The average molecular weight is 335 g/mol. The fourth-order valence-corrected chi connectivity index (χ4v) is 3.14. The average Bonchev–Trinajstić information content (AvgIpc) is 2.93. The molecular formula is C16H12ClFN2OS. The third kappa shape index (κ3) is 2.96. The zero-order chi connectivity index (χ0) is 15.7. The summed E-state index contributed by atoms with van der Waals surface area (Å²) in [5, 5.41) is 4.35. The lowest BCUT2D eigenvalue weighted by molar-refractivity contribution is 0.101. The number of fused-ring (bicyclic) bond motifs is 1. The molecule has 0 aliphatic heterocycles. The molecule has 112 valence electrons. The van der Waals surface area contributed by atoms with Gasteiger partial charge in [0, 0.05) is 10.6 Å². The van der Waals surface area contributed by atoms with Crippen LogP contribution in [0.15, 0.2) is 36.4 Å². The molecule has 2 aromatic carbocycles. The number of carbonyl (C=O) groups is 1. The molecule has 0 spiro atoms. The maximum absolute atomic E-state index is 12.8. The molecule has 1 aromatic heterocycles. The fraction of sp³-hybridized carbons (Fsp3) is 0.125. The van der Waals surface area contributed by atoms with Crippen molar-refractivity contribution >= 4 is 44.1 Å². The Morgan fingerprint density at radius 3 is 2.73 bits per heavy atom. The first-order chi connectivity index (χ1) is 10.5. The molecule has 0 bridgehead atoms. The first kappa shape index (κ1) is 14.9. The molecule has 6 heteroatoms. The van der Waals surface area contributed by atoms with Crippen LogP contribution < -0.4 is 5.32 Å². The van der Waals surface area contributed by atoms with Gasteiger partial charge in [0.25, 0.3) is 0 Å². The molecule has 3 rings (SSSR count). The van der Waals surface area contributed by atoms with Gasteiger partial charge in [-0.05, 0) is 48.9 Å². The SMILES string of the molecule is Cc1c(Cl)ccc2sc(NCC(=O)c3ccc(F)cc3)nc12. The second-order valence-corrected chi connectivity index (χ2v) is 6.26. The van der Waals surface area contributed by atoms with Crippen LogP contribution in [0.5, 0.6) is 0 Å². The van der Waals surface area contributed by atoms with Gasteiger partial charge >= 0.3 is 0 Å². The van der Waals surface area contributed by atoms with E-state index in [-0.39, 0.29) is 18.1 Å². The minimum absolute atomic E-state index is 0.109. The van der Waals surface area contributed by atoms with Crippen molar-refractivity contribution in [2.45, 2.75) is 6.92 Å². The quantitative estimate of drug-likeness (QED) is 0.704. The van der Waals surface area contributed by atoms with E-state index >= 15 is 0 Å². The number of halogens is 2. The Morgan fingerprint density at radius 1 is 1.27 bits per heavy atom. The third-order valence-electron chi connectivity index (χ3n) is 3.31. The Hall–Kier alpha value is -1.98. The van der Waals surface area contributed by atoms with E-state index in [1.54, 1.807) is 0 Å².